The molecule has 0 saturated heterocycles. The Morgan fingerprint density at radius 3 is 1.43 bits per heavy atom. The summed E-state index contributed by atoms with van der Waals surface area (Å²) in [6.45, 7) is 8.68. The van der Waals surface area contributed by atoms with E-state index in [2.05, 4.69) is 120 Å². The zero-order chi connectivity index (χ0) is 22.5. The van der Waals surface area contributed by atoms with Crippen LogP contribution in [0.2, 0.25) is 12.1 Å². The van der Waals surface area contributed by atoms with E-state index in [1.165, 1.54) is 63.2 Å². The molecule has 0 aliphatic rings. The van der Waals surface area contributed by atoms with Crippen molar-refractivity contribution in [3.8, 4) is 0 Å². The van der Waals surface area contributed by atoms with Crippen LogP contribution in [0, 0.1) is 13.8 Å². The van der Waals surface area contributed by atoms with Gasteiger partial charge in [-0.1, -0.05) is 83.8 Å². The molecular formula is C24H26Br2Cl2SiZr. The average molecular weight is 664 g/mol. The Morgan fingerprint density at radius 1 is 0.800 bits per heavy atom. The summed E-state index contributed by atoms with van der Waals surface area (Å²) in [4.78, 5) is 0. The average Bonchev–Trinajstić information content (AvgIpc) is 3.27. The van der Waals surface area contributed by atoms with Crippen molar-refractivity contribution in [2.24, 2.45) is 0 Å². The minimum absolute atomic E-state index is 0.826. The molecule has 0 N–H and O–H groups in total. The normalized spacial score (nSPS) is 9.60. The minimum atomic E-state index is -0.826. The zero-order valence-electron chi connectivity index (χ0n) is 17.7. The number of rotatable bonds is 2. The maximum atomic E-state index is 4.93. The Morgan fingerprint density at radius 2 is 1.17 bits per heavy atom. The monoisotopic (exact) mass is 660 g/mol. The molecule has 0 aliphatic heterocycles. The van der Waals surface area contributed by atoms with Crippen LogP contribution < -0.4 is 0 Å². The van der Waals surface area contributed by atoms with Gasteiger partial charge in [0.05, 0.1) is 0 Å². The summed E-state index contributed by atoms with van der Waals surface area (Å²) in [6, 6.07) is 24.0. The summed E-state index contributed by atoms with van der Waals surface area (Å²) >= 11 is 6.19. The van der Waals surface area contributed by atoms with Crippen LogP contribution in [0.1, 0.15) is 25.0 Å². The fourth-order valence-electron chi connectivity index (χ4n) is 2.94. The number of halogens is 4. The first-order chi connectivity index (χ1) is 14.4. The van der Waals surface area contributed by atoms with Crippen molar-refractivity contribution in [2.45, 2.75) is 39.8 Å². The quantitative estimate of drug-likeness (QED) is 0.148. The molecule has 4 aromatic rings. The van der Waals surface area contributed by atoms with Crippen molar-refractivity contribution >= 4 is 80.0 Å². The molecule has 0 bridgehead atoms. The van der Waals surface area contributed by atoms with Gasteiger partial charge in [0.15, 0.2) is 0 Å². The molecule has 0 aliphatic carbocycles. The second kappa shape index (κ2) is 16.0. The number of aryl methyl sites for hydroxylation is 2. The third kappa shape index (κ3) is 9.84. The van der Waals surface area contributed by atoms with Crippen LogP contribution in [0.15, 0.2) is 69.6 Å². The maximum absolute atomic E-state index is 4.93. The van der Waals surface area contributed by atoms with Gasteiger partial charge in [0.2, 0.25) is 0 Å². The van der Waals surface area contributed by atoms with Crippen LogP contribution >= 0.6 is 48.9 Å². The Hall–Kier alpha value is 0.300. The first-order valence-corrected chi connectivity index (χ1v) is 19.0. The Kier molecular flexibility index (Phi) is 15.1. The van der Waals surface area contributed by atoms with E-state index in [1.54, 1.807) is 0 Å². The molecule has 158 valence electrons. The van der Waals surface area contributed by atoms with Crippen LogP contribution in [-0.2, 0) is 20.8 Å². The third-order valence-corrected chi connectivity index (χ3v) is 6.57. The number of hydrogen-bond acceptors (Lipinski definition) is 0. The van der Waals surface area contributed by atoms with E-state index in [9.17, 15) is 0 Å². The molecule has 0 spiro atoms. The van der Waals surface area contributed by atoms with Gasteiger partial charge in [-0.25, -0.2) is 0 Å². The fraction of sp³-hybridized carbons (Fsp3) is 0.250. The molecule has 4 rings (SSSR count). The SMILES string of the molecule is CC[Si]CC.Cc1cc2c(Br)cccc2[cH-]1.Cc1cc2c(Br)cccc2[cH-]1.[Cl][Zr+2][Cl]. The summed E-state index contributed by atoms with van der Waals surface area (Å²) < 4.78 is 2.37. The van der Waals surface area contributed by atoms with Crippen molar-refractivity contribution in [1.29, 1.82) is 0 Å². The molecule has 4 aromatic carbocycles. The van der Waals surface area contributed by atoms with E-state index in [-0.39, 0.29) is 0 Å². The molecule has 0 heterocycles. The molecule has 30 heavy (non-hydrogen) atoms. The van der Waals surface area contributed by atoms with Crippen LogP contribution in [0.3, 0.4) is 0 Å². The summed E-state index contributed by atoms with van der Waals surface area (Å²) in [6.07, 6.45) is 0. The number of fused-ring (bicyclic) bond motifs is 2. The molecule has 0 unspecified atom stereocenters. The van der Waals surface area contributed by atoms with E-state index in [4.69, 9.17) is 17.0 Å². The first kappa shape index (κ1) is 28.3. The van der Waals surface area contributed by atoms with Crippen molar-refractivity contribution in [3.05, 3.63) is 80.7 Å². The van der Waals surface area contributed by atoms with Crippen LogP contribution in [0.4, 0.5) is 0 Å². The third-order valence-electron chi connectivity index (χ3n) is 4.18. The van der Waals surface area contributed by atoms with Crippen LogP contribution in [0.5, 0.6) is 0 Å². The van der Waals surface area contributed by atoms with Gasteiger partial charge in [-0.3, -0.25) is 0 Å². The summed E-state index contributed by atoms with van der Waals surface area (Å²) in [7, 11) is 11.1. The second-order valence-corrected chi connectivity index (χ2v) is 13.9. The standard InChI is InChI=1S/2C10H8Br.C4H10Si.2ClH.Zr/c2*1-7-5-8-3-2-4-10(11)9(8)6-7;1-3-5-4-2;;;/h2*2-6H,1H3;3-4H2,1-2H3;2*1H;/q2*-1;;;;+4/p-2. The first-order valence-electron chi connectivity index (χ1n) is 9.67. The molecule has 6 heteroatoms. The Balaban J connectivity index is 0.000000225. The predicted molar refractivity (Wildman–Crippen MR) is 142 cm³/mol. The molecule has 0 atom stereocenters. The molecular weight excluding hydrogens is 638 g/mol. The van der Waals surface area contributed by atoms with Gasteiger partial charge < -0.3 is 0 Å². The number of benzene rings is 2. The van der Waals surface area contributed by atoms with E-state index in [0.717, 1.165) is 0 Å². The number of hydrogen-bond donors (Lipinski definition) is 0. The molecule has 0 amide bonds. The van der Waals surface area contributed by atoms with E-state index in [0.29, 0.717) is 0 Å². The Bertz CT molecular complexity index is 931. The van der Waals surface area contributed by atoms with Gasteiger partial charge in [0.1, 0.15) is 0 Å². The van der Waals surface area contributed by atoms with Gasteiger partial charge >= 0.3 is 37.9 Å². The Labute approximate surface area is 219 Å². The molecule has 0 nitrogen and oxygen atoms in total. The molecule has 2 radical (unpaired) electrons. The van der Waals surface area contributed by atoms with Crippen molar-refractivity contribution < 1.29 is 20.8 Å². The van der Waals surface area contributed by atoms with E-state index in [1.807, 2.05) is 0 Å². The summed E-state index contributed by atoms with van der Waals surface area (Å²) in [5.41, 5.74) is 2.65. The van der Waals surface area contributed by atoms with Crippen molar-refractivity contribution in [2.75, 3.05) is 0 Å². The van der Waals surface area contributed by atoms with Crippen molar-refractivity contribution in [1.82, 2.24) is 0 Å². The van der Waals surface area contributed by atoms with Gasteiger partial charge in [0, 0.05) is 9.52 Å². The van der Waals surface area contributed by atoms with Gasteiger partial charge in [-0.05, 0) is 8.95 Å². The molecule has 0 saturated carbocycles. The van der Waals surface area contributed by atoms with Gasteiger partial charge in [-0.2, -0.15) is 12.1 Å². The van der Waals surface area contributed by atoms with Crippen molar-refractivity contribution in [3.63, 3.8) is 0 Å². The van der Waals surface area contributed by atoms with Gasteiger partial charge in [-0.15, -0.1) is 69.1 Å². The van der Waals surface area contributed by atoms with Crippen LogP contribution in [0.25, 0.3) is 21.5 Å². The molecule has 0 fully saturated rings. The zero-order valence-corrected chi connectivity index (χ0v) is 25.8. The van der Waals surface area contributed by atoms with Gasteiger partial charge in [0.25, 0.3) is 0 Å². The molecule has 0 aromatic heterocycles. The fourth-order valence-corrected chi connectivity index (χ4v) is 4.43. The topological polar surface area (TPSA) is 0 Å². The summed E-state index contributed by atoms with van der Waals surface area (Å²) in [5, 5.41) is 5.25. The predicted octanol–water partition coefficient (Wildman–Crippen LogP) is 10.2. The van der Waals surface area contributed by atoms with E-state index >= 15 is 0 Å². The second-order valence-electron chi connectivity index (χ2n) is 6.58. The van der Waals surface area contributed by atoms with E-state index < -0.39 is 20.8 Å². The summed E-state index contributed by atoms with van der Waals surface area (Å²) in [5.74, 6) is 0. The van der Waals surface area contributed by atoms with Crippen LogP contribution in [-0.4, -0.2) is 9.52 Å².